The Morgan fingerprint density at radius 3 is 2.22 bits per heavy atom. The summed E-state index contributed by atoms with van der Waals surface area (Å²) in [6.45, 7) is 4.17. The van der Waals surface area contributed by atoms with Crippen LogP contribution in [-0.4, -0.2) is 24.3 Å². The maximum absolute atomic E-state index is 12.5. The number of sulfonamides is 1. The quantitative estimate of drug-likeness (QED) is 0.417. The van der Waals surface area contributed by atoms with Gasteiger partial charge >= 0.3 is 0 Å². The number of nitrogens with one attached hydrogen (secondary N) is 2. The predicted molar refractivity (Wildman–Crippen MR) is 122 cm³/mol. The Hall–Kier alpha value is -4.03. The van der Waals surface area contributed by atoms with E-state index in [-0.39, 0.29) is 16.4 Å². The van der Waals surface area contributed by atoms with Crippen LogP contribution in [0.2, 0.25) is 0 Å². The average Bonchev–Trinajstić information content (AvgIpc) is 2.78. The van der Waals surface area contributed by atoms with Crippen molar-refractivity contribution in [1.82, 2.24) is 9.97 Å². The van der Waals surface area contributed by atoms with Crippen LogP contribution in [0.5, 0.6) is 0 Å². The van der Waals surface area contributed by atoms with Gasteiger partial charge in [0.25, 0.3) is 15.9 Å². The number of nitrogens with zero attached hydrogens (tertiary/aromatic N) is 3. The van der Waals surface area contributed by atoms with Crippen molar-refractivity contribution in [3.05, 3.63) is 83.7 Å². The van der Waals surface area contributed by atoms with Crippen LogP contribution in [0.3, 0.4) is 0 Å². The molecule has 0 aliphatic carbocycles. The van der Waals surface area contributed by atoms with Gasteiger partial charge in [0.2, 0.25) is 5.95 Å². The molecular weight excluding hydrogens is 426 g/mol. The molecule has 0 fully saturated rings. The Labute approximate surface area is 186 Å². The normalized spacial score (nSPS) is 11.6. The Bertz CT molecular complexity index is 1260. The van der Waals surface area contributed by atoms with Crippen LogP contribution in [0.4, 0.5) is 11.6 Å². The van der Waals surface area contributed by atoms with Crippen LogP contribution in [0, 0.1) is 11.3 Å². The number of anilines is 2. The first-order chi connectivity index (χ1) is 15.3. The Morgan fingerprint density at radius 1 is 1.03 bits per heavy atom. The monoisotopic (exact) mass is 447 g/mol. The zero-order chi connectivity index (χ0) is 23.1. The lowest BCUT2D eigenvalue weighted by atomic mass is 10.0. The molecule has 1 heterocycles. The van der Waals surface area contributed by atoms with Crippen LogP contribution < -0.4 is 10.0 Å². The second kappa shape index (κ2) is 9.85. The van der Waals surface area contributed by atoms with Crippen molar-refractivity contribution < 1.29 is 13.2 Å². The molecule has 8 nitrogen and oxygen atoms in total. The molecule has 0 saturated heterocycles. The van der Waals surface area contributed by atoms with Crippen molar-refractivity contribution in [1.29, 1.82) is 5.26 Å². The maximum Gasteiger partial charge on any atom is 0.266 e. The van der Waals surface area contributed by atoms with Crippen LogP contribution in [-0.2, 0) is 14.8 Å². The molecule has 0 saturated carbocycles. The highest BCUT2D eigenvalue weighted by molar-refractivity contribution is 7.92. The highest BCUT2D eigenvalue weighted by Gasteiger charge is 2.16. The molecule has 1 amide bonds. The molecule has 0 aliphatic rings. The number of amides is 1. The summed E-state index contributed by atoms with van der Waals surface area (Å²) in [5.41, 5.74) is 2.17. The zero-order valence-electron chi connectivity index (χ0n) is 17.5. The van der Waals surface area contributed by atoms with E-state index in [1.54, 1.807) is 6.07 Å². The lowest BCUT2D eigenvalue weighted by Gasteiger charge is -2.08. The summed E-state index contributed by atoms with van der Waals surface area (Å²) in [7, 11) is -3.88. The van der Waals surface area contributed by atoms with Gasteiger partial charge in [0.1, 0.15) is 11.6 Å². The molecule has 0 unspecified atom stereocenters. The van der Waals surface area contributed by atoms with Crippen LogP contribution >= 0.6 is 0 Å². The smallest absolute Gasteiger partial charge is 0.266 e. The van der Waals surface area contributed by atoms with E-state index in [9.17, 15) is 18.5 Å². The molecule has 0 atom stereocenters. The minimum absolute atomic E-state index is 0.0238. The highest BCUT2D eigenvalue weighted by Crippen LogP contribution is 2.19. The summed E-state index contributed by atoms with van der Waals surface area (Å²) < 4.78 is 27.1. The van der Waals surface area contributed by atoms with Gasteiger partial charge in [0.05, 0.1) is 4.90 Å². The largest absolute Gasteiger partial charge is 0.321 e. The number of carbonyl (C=O) groups excluding carboxylic acids is 1. The number of hydrogen-bond donors (Lipinski definition) is 2. The molecule has 0 spiro atoms. The molecule has 2 aromatic carbocycles. The molecule has 2 N–H and O–H groups in total. The summed E-state index contributed by atoms with van der Waals surface area (Å²) in [6.07, 6.45) is 4.34. The first kappa shape index (κ1) is 22.7. The molecule has 0 radical (unpaired) electrons. The van der Waals surface area contributed by atoms with Gasteiger partial charge in [0.15, 0.2) is 0 Å². The van der Waals surface area contributed by atoms with Crippen molar-refractivity contribution in [2.24, 2.45) is 0 Å². The summed E-state index contributed by atoms with van der Waals surface area (Å²) in [4.78, 5) is 20.1. The number of nitriles is 1. The predicted octanol–water partition coefficient (Wildman–Crippen LogP) is 3.95. The minimum atomic E-state index is -3.88. The van der Waals surface area contributed by atoms with E-state index in [1.807, 2.05) is 30.3 Å². The van der Waals surface area contributed by atoms with E-state index in [0.29, 0.717) is 11.6 Å². The van der Waals surface area contributed by atoms with Crippen molar-refractivity contribution >= 4 is 33.6 Å². The van der Waals surface area contributed by atoms with Crippen molar-refractivity contribution in [3.63, 3.8) is 0 Å². The van der Waals surface area contributed by atoms with Crippen LogP contribution in [0.15, 0.2) is 77.5 Å². The van der Waals surface area contributed by atoms with E-state index in [1.165, 1.54) is 42.7 Å². The average molecular weight is 448 g/mol. The Morgan fingerprint density at radius 2 is 1.66 bits per heavy atom. The van der Waals surface area contributed by atoms with Crippen molar-refractivity contribution in [2.75, 3.05) is 10.0 Å². The molecule has 0 bridgehead atoms. The third-order valence-electron chi connectivity index (χ3n) is 4.49. The van der Waals surface area contributed by atoms with Crippen molar-refractivity contribution in [3.8, 4) is 6.07 Å². The summed E-state index contributed by atoms with van der Waals surface area (Å²) in [6, 6.07) is 16.6. The van der Waals surface area contributed by atoms with Gasteiger partial charge in [0, 0.05) is 18.1 Å². The Kier molecular flexibility index (Phi) is 6.97. The third kappa shape index (κ3) is 5.77. The van der Waals surface area contributed by atoms with Gasteiger partial charge in [-0.1, -0.05) is 38.1 Å². The molecule has 32 heavy (non-hydrogen) atoms. The molecule has 0 aliphatic heterocycles. The van der Waals surface area contributed by atoms with Crippen molar-refractivity contribution in [2.45, 2.75) is 24.7 Å². The molecule has 162 valence electrons. The second-order valence-electron chi connectivity index (χ2n) is 7.15. The van der Waals surface area contributed by atoms with Gasteiger partial charge < -0.3 is 5.32 Å². The number of carbonyl (C=O) groups is 1. The summed E-state index contributed by atoms with van der Waals surface area (Å²) in [5, 5.41) is 12.0. The summed E-state index contributed by atoms with van der Waals surface area (Å²) >= 11 is 0. The SMILES string of the molecule is CC(C)c1ccc(/C=C(/C#N)C(=O)Nc2ccc(S(=O)(=O)Nc3ncccn3)cc2)cc1. The number of benzene rings is 2. The first-order valence-electron chi connectivity index (χ1n) is 9.71. The molecular formula is C23H21N5O3S. The van der Waals surface area contributed by atoms with E-state index in [4.69, 9.17) is 0 Å². The standard InChI is InChI=1S/C23H21N5O3S/c1-16(2)18-6-4-17(5-7-18)14-19(15-24)22(29)27-20-8-10-21(11-9-20)32(30,31)28-23-25-12-3-13-26-23/h3-14,16H,1-2H3,(H,27,29)(H,25,26,28)/b19-14-. The zero-order valence-corrected chi connectivity index (χ0v) is 18.3. The number of hydrogen-bond acceptors (Lipinski definition) is 6. The lowest BCUT2D eigenvalue weighted by molar-refractivity contribution is -0.112. The maximum atomic E-state index is 12.5. The van der Waals surface area contributed by atoms with Gasteiger partial charge in [-0.2, -0.15) is 5.26 Å². The van der Waals surface area contributed by atoms with Crippen LogP contribution in [0.1, 0.15) is 30.9 Å². The highest BCUT2D eigenvalue weighted by atomic mass is 32.2. The van der Waals surface area contributed by atoms with Crippen LogP contribution in [0.25, 0.3) is 6.08 Å². The van der Waals surface area contributed by atoms with Gasteiger partial charge in [-0.05, 0) is 53.5 Å². The molecule has 1 aromatic heterocycles. The van der Waals surface area contributed by atoms with Gasteiger partial charge in [-0.3, -0.25) is 4.79 Å². The number of aromatic nitrogens is 2. The van der Waals surface area contributed by atoms with Gasteiger partial charge in [-0.25, -0.2) is 23.1 Å². The minimum Gasteiger partial charge on any atom is -0.321 e. The van der Waals surface area contributed by atoms with E-state index >= 15 is 0 Å². The van der Waals surface area contributed by atoms with E-state index in [0.717, 1.165) is 11.1 Å². The third-order valence-corrected chi connectivity index (χ3v) is 5.84. The second-order valence-corrected chi connectivity index (χ2v) is 8.83. The fourth-order valence-corrected chi connectivity index (χ4v) is 3.70. The fourth-order valence-electron chi connectivity index (χ4n) is 2.74. The molecule has 9 heteroatoms. The molecule has 3 aromatic rings. The van der Waals surface area contributed by atoms with E-state index < -0.39 is 15.9 Å². The first-order valence-corrected chi connectivity index (χ1v) is 11.2. The Balaban J connectivity index is 1.71. The topological polar surface area (TPSA) is 125 Å². The number of rotatable bonds is 7. The van der Waals surface area contributed by atoms with Gasteiger partial charge in [-0.15, -0.1) is 0 Å². The summed E-state index contributed by atoms with van der Waals surface area (Å²) in [5.74, 6) is -0.254. The van der Waals surface area contributed by atoms with E-state index in [2.05, 4.69) is 33.9 Å². The molecule has 3 rings (SSSR count). The fraction of sp³-hybridized carbons (Fsp3) is 0.130. The lowest BCUT2D eigenvalue weighted by Crippen LogP contribution is -2.16.